The Morgan fingerprint density at radius 2 is 1.79 bits per heavy atom. The van der Waals surface area contributed by atoms with E-state index in [0.717, 1.165) is 6.07 Å². The summed E-state index contributed by atoms with van der Waals surface area (Å²) in [5, 5.41) is 0.573. The van der Waals surface area contributed by atoms with Gasteiger partial charge >= 0.3 is 6.18 Å². The fourth-order valence-electron chi connectivity index (χ4n) is 2.53. The number of carbonyl (C=O) groups is 1. The van der Waals surface area contributed by atoms with Crippen LogP contribution in [0.3, 0.4) is 0 Å². The number of Topliss-reactive ketones (excluding diaryl/α,β-unsaturated/α-hetero) is 1. The number of carbonyl (C=O) groups excluding carboxylic acids is 1. The van der Waals surface area contributed by atoms with Gasteiger partial charge < -0.3 is 0 Å². The van der Waals surface area contributed by atoms with Gasteiger partial charge in [0.05, 0.1) is 11.1 Å². The maximum atomic E-state index is 13.8. The number of fused-ring (bicyclic) bond motifs is 1. The molecule has 3 rings (SSSR count). The van der Waals surface area contributed by atoms with E-state index < -0.39 is 17.6 Å². The van der Waals surface area contributed by atoms with Gasteiger partial charge in [0.25, 0.3) is 0 Å². The van der Waals surface area contributed by atoms with E-state index in [1.165, 1.54) is 19.2 Å². The first-order valence-electron chi connectivity index (χ1n) is 7.04. The first kappa shape index (κ1) is 16.1. The number of hydrogen-bond acceptors (Lipinski definition) is 2. The second-order valence-electron chi connectivity index (χ2n) is 5.34. The molecule has 0 saturated heterocycles. The molecule has 0 N–H and O–H groups in total. The first-order valence-corrected chi connectivity index (χ1v) is 7.04. The number of hydrogen-bond donors (Lipinski definition) is 0. The molecule has 0 fully saturated rings. The lowest BCUT2D eigenvalue weighted by atomic mass is 9.98. The van der Waals surface area contributed by atoms with Gasteiger partial charge in [0, 0.05) is 17.1 Å². The van der Waals surface area contributed by atoms with Gasteiger partial charge in [0.1, 0.15) is 5.82 Å². The molecule has 0 aliphatic carbocycles. The zero-order chi connectivity index (χ0) is 17.5. The zero-order valence-electron chi connectivity index (χ0n) is 12.5. The van der Waals surface area contributed by atoms with E-state index in [1.54, 1.807) is 24.3 Å². The van der Waals surface area contributed by atoms with Gasteiger partial charge in [-0.3, -0.25) is 9.78 Å². The lowest BCUT2D eigenvalue weighted by molar-refractivity contribution is -0.139. The highest BCUT2D eigenvalue weighted by Crippen LogP contribution is 2.35. The van der Waals surface area contributed by atoms with E-state index in [9.17, 15) is 22.4 Å². The molecule has 0 saturated carbocycles. The molecule has 6 heteroatoms. The highest BCUT2D eigenvalue weighted by atomic mass is 19.4. The van der Waals surface area contributed by atoms with Crippen LogP contribution in [0.1, 0.15) is 22.8 Å². The van der Waals surface area contributed by atoms with Crippen molar-refractivity contribution < 1.29 is 22.4 Å². The average Bonchev–Trinajstić information content (AvgIpc) is 2.52. The molecule has 24 heavy (non-hydrogen) atoms. The SMILES string of the molecule is CC(=O)c1ccc2nccc(-c3ccc(C(F)(F)F)c(F)c3)c2c1. The van der Waals surface area contributed by atoms with Gasteiger partial charge in [0.2, 0.25) is 0 Å². The Morgan fingerprint density at radius 1 is 1.04 bits per heavy atom. The number of rotatable bonds is 2. The Kier molecular flexibility index (Phi) is 3.83. The van der Waals surface area contributed by atoms with Crippen molar-refractivity contribution in [1.82, 2.24) is 4.98 Å². The first-order chi connectivity index (χ1) is 11.3. The second-order valence-corrected chi connectivity index (χ2v) is 5.34. The molecular formula is C18H11F4NO. The largest absolute Gasteiger partial charge is 0.419 e. The number of pyridine rings is 1. The van der Waals surface area contributed by atoms with Gasteiger partial charge in [-0.1, -0.05) is 6.07 Å². The molecule has 1 aromatic heterocycles. The lowest BCUT2D eigenvalue weighted by Gasteiger charge is -2.11. The van der Waals surface area contributed by atoms with E-state index in [0.29, 0.717) is 28.1 Å². The van der Waals surface area contributed by atoms with Crippen molar-refractivity contribution in [3.8, 4) is 11.1 Å². The Labute approximate surface area is 134 Å². The molecular weight excluding hydrogens is 322 g/mol. The predicted molar refractivity (Wildman–Crippen MR) is 82.1 cm³/mol. The summed E-state index contributed by atoms with van der Waals surface area (Å²) in [4.78, 5) is 15.7. The number of aromatic nitrogens is 1. The van der Waals surface area contributed by atoms with Crippen molar-refractivity contribution in [3.63, 3.8) is 0 Å². The minimum Gasteiger partial charge on any atom is -0.295 e. The molecule has 0 spiro atoms. The molecule has 0 unspecified atom stereocenters. The third-order valence-electron chi connectivity index (χ3n) is 3.73. The maximum absolute atomic E-state index is 13.8. The summed E-state index contributed by atoms with van der Waals surface area (Å²) in [6.45, 7) is 1.41. The number of halogens is 4. The van der Waals surface area contributed by atoms with Crippen molar-refractivity contribution in [2.75, 3.05) is 0 Å². The third kappa shape index (κ3) is 2.87. The van der Waals surface area contributed by atoms with Gasteiger partial charge in [-0.2, -0.15) is 13.2 Å². The molecule has 0 atom stereocenters. The molecule has 2 nitrogen and oxygen atoms in total. The van der Waals surface area contributed by atoms with Crippen LogP contribution in [0.2, 0.25) is 0 Å². The summed E-state index contributed by atoms with van der Waals surface area (Å²) in [6, 6.07) is 9.22. The van der Waals surface area contributed by atoms with Crippen LogP contribution in [-0.4, -0.2) is 10.8 Å². The fraction of sp³-hybridized carbons (Fsp3) is 0.111. The maximum Gasteiger partial charge on any atom is 0.419 e. The van der Waals surface area contributed by atoms with Crippen molar-refractivity contribution in [1.29, 1.82) is 0 Å². The quantitative estimate of drug-likeness (QED) is 0.473. The van der Waals surface area contributed by atoms with Crippen LogP contribution in [0.25, 0.3) is 22.0 Å². The number of alkyl halides is 3. The van der Waals surface area contributed by atoms with Crippen molar-refractivity contribution >= 4 is 16.7 Å². The Hall–Kier alpha value is -2.76. The van der Waals surface area contributed by atoms with Gasteiger partial charge in [0.15, 0.2) is 5.78 Å². The Morgan fingerprint density at radius 3 is 2.42 bits per heavy atom. The lowest BCUT2D eigenvalue weighted by Crippen LogP contribution is -2.07. The molecule has 122 valence electrons. The van der Waals surface area contributed by atoms with E-state index in [2.05, 4.69) is 4.98 Å². The summed E-state index contributed by atoms with van der Waals surface area (Å²) in [7, 11) is 0. The molecule has 2 aromatic carbocycles. The van der Waals surface area contributed by atoms with Crippen molar-refractivity contribution in [2.45, 2.75) is 13.1 Å². The highest BCUT2D eigenvalue weighted by molar-refractivity contribution is 6.01. The van der Waals surface area contributed by atoms with Crippen LogP contribution in [0.5, 0.6) is 0 Å². The Bertz CT molecular complexity index is 947. The van der Waals surface area contributed by atoms with Gasteiger partial charge in [-0.15, -0.1) is 0 Å². The van der Waals surface area contributed by atoms with Crippen LogP contribution in [-0.2, 0) is 6.18 Å². The summed E-state index contributed by atoms with van der Waals surface area (Å²) in [6.07, 6.45) is -3.26. The van der Waals surface area contributed by atoms with E-state index >= 15 is 0 Å². The predicted octanol–water partition coefficient (Wildman–Crippen LogP) is 5.26. The highest BCUT2D eigenvalue weighted by Gasteiger charge is 2.34. The summed E-state index contributed by atoms with van der Waals surface area (Å²) in [5.74, 6) is -1.49. The second kappa shape index (κ2) is 5.70. The fourth-order valence-corrected chi connectivity index (χ4v) is 2.53. The zero-order valence-corrected chi connectivity index (χ0v) is 12.5. The van der Waals surface area contributed by atoms with Gasteiger partial charge in [-0.05, 0) is 54.4 Å². The van der Waals surface area contributed by atoms with Crippen LogP contribution in [0.15, 0.2) is 48.7 Å². The van der Waals surface area contributed by atoms with E-state index in [1.807, 2.05) is 0 Å². The standard InChI is InChI=1S/C18H11F4NO/c1-10(24)11-3-5-17-14(8-11)13(6-7-23-17)12-2-4-15(16(19)9-12)18(20,21)22/h2-9H,1H3. The minimum absolute atomic E-state index is 0.148. The number of nitrogens with zero attached hydrogens (tertiary/aromatic N) is 1. The van der Waals surface area contributed by atoms with Crippen LogP contribution in [0, 0.1) is 5.82 Å². The summed E-state index contributed by atoms with van der Waals surface area (Å²) in [5.41, 5.74) is 0.500. The molecule has 1 heterocycles. The molecule has 0 aliphatic rings. The average molecular weight is 333 g/mol. The topological polar surface area (TPSA) is 30.0 Å². The molecule has 0 amide bonds. The number of ketones is 1. The van der Waals surface area contributed by atoms with Crippen molar-refractivity contribution in [3.05, 3.63) is 65.6 Å². The summed E-state index contributed by atoms with van der Waals surface area (Å²) >= 11 is 0. The van der Waals surface area contributed by atoms with Crippen LogP contribution in [0.4, 0.5) is 17.6 Å². The normalized spacial score (nSPS) is 11.7. The van der Waals surface area contributed by atoms with Gasteiger partial charge in [-0.25, -0.2) is 4.39 Å². The van der Waals surface area contributed by atoms with Crippen LogP contribution < -0.4 is 0 Å². The molecule has 0 aliphatic heterocycles. The molecule has 3 aromatic rings. The third-order valence-corrected chi connectivity index (χ3v) is 3.73. The minimum atomic E-state index is -4.75. The smallest absolute Gasteiger partial charge is 0.295 e. The Balaban J connectivity index is 2.21. The summed E-state index contributed by atoms with van der Waals surface area (Å²) < 4.78 is 51.9. The van der Waals surface area contributed by atoms with Crippen LogP contribution >= 0.6 is 0 Å². The number of benzene rings is 2. The molecule has 0 radical (unpaired) electrons. The van der Waals surface area contributed by atoms with E-state index in [-0.39, 0.29) is 11.3 Å². The van der Waals surface area contributed by atoms with E-state index in [4.69, 9.17) is 0 Å². The molecule has 0 bridgehead atoms. The van der Waals surface area contributed by atoms with Crippen molar-refractivity contribution in [2.24, 2.45) is 0 Å². The monoisotopic (exact) mass is 333 g/mol.